The van der Waals surface area contributed by atoms with Gasteiger partial charge >= 0.3 is 0 Å². The maximum Gasteiger partial charge on any atom is 0.145 e. The number of benzene rings is 1. The molecule has 0 bridgehead atoms. The van der Waals surface area contributed by atoms with Crippen LogP contribution >= 0.6 is 11.6 Å². The lowest BCUT2D eigenvalue weighted by atomic mass is 9.98. The highest BCUT2D eigenvalue weighted by atomic mass is 35.5. The highest BCUT2D eigenvalue weighted by molar-refractivity contribution is 6.30. The first-order valence-corrected chi connectivity index (χ1v) is 5.05. The largest absolute Gasteiger partial charge is 0.324 e. The fourth-order valence-corrected chi connectivity index (χ4v) is 1.55. The van der Waals surface area contributed by atoms with Crippen molar-refractivity contribution in [3.63, 3.8) is 0 Å². The third-order valence-electron chi connectivity index (χ3n) is 2.23. The Kier molecular flexibility index (Phi) is 3.51. The fourth-order valence-electron chi connectivity index (χ4n) is 1.32. The van der Waals surface area contributed by atoms with E-state index in [-0.39, 0.29) is 22.8 Å². The van der Waals surface area contributed by atoms with Gasteiger partial charge < -0.3 is 5.73 Å². The van der Waals surface area contributed by atoms with Gasteiger partial charge in [0.15, 0.2) is 0 Å². The van der Waals surface area contributed by atoms with Gasteiger partial charge in [-0.05, 0) is 30.0 Å². The summed E-state index contributed by atoms with van der Waals surface area (Å²) in [6.45, 7) is 5.72. The third-order valence-corrected chi connectivity index (χ3v) is 2.50. The van der Waals surface area contributed by atoms with E-state index in [1.54, 1.807) is 12.1 Å². The molecule has 0 aliphatic heterocycles. The molecule has 1 unspecified atom stereocenters. The van der Waals surface area contributed by atoms with E-state index in [0.717, 1.165) is 5.56 Å². The quantitative estimate of drug-likeness (QED) is 0.801. The van der Waals surface area contributed by atoms with Gasteiger partial charge in [0, 0.05) is 6.04 Å². The van der Waals surface area contributed by atoms with E-state index in [9.17, 15) is 4.39 Å². The number of hydrogen-bond donors (Lipinski definition) is 1. The van der Waals surface area contributed by atoms with Crippen molar-refractivity contribution in [2.45, 2.75) is 32.7 Å². The van der Waals surface area contributed by atoms with Gasteiger partial charge in [-0.1, -0.05) is 31.5 Å². The smallest absolute Gasteiger partial charge is 0.145 e. The molecule has 78 valence electrons. The van der Waals surface area contributed by atoms with Gasteiger partial charge in [0.05, 0.1) is 5.02 Å². The highest BCUT2D eigenvalue weighted by Gasteiger charge is 2.13. The molecule has 0 saturated carbocycles. The average Bonchev–Trinajstić information content (AvgIpc) is 2.08. The minimum absolute atomic E-state index is 0.117. The Morgan fingerprint density at radius 3 is 2.29 bits per heavy atom. The zero-order chi connectivity index (χ0) is 10.9. The standard InChI is InChI=1S/C11H15ClFN/c1-6(2)9-4-8(7(3)14)5-10(12)11(9)13/h4-7H,14H2,1-3H3. The molecule has 0 saturated heterocycles. The lowest BCUT2D eigenvalue weighted by molar-refractivity contribution is 0.596. The molecule has 1 atom stereocenters. The van der Waals surface area contributed by atoms with Gasteiger partial charge in [0.25, 0.3) is 0 Å². The first kappa shape index (κ1) is 11.5. The van der Waals surface area contributed by atoms with Crippen LogP contribution in [0, 0.1) is 5.82 Å². The first-order chi connectivity index (χ1) is 6.43. The Labute approximate surface area is 89.1 Å². The van der Waals surface area contributed by atoms with Crippen molar-refractivity contribution >= 4 is 11.6 Å². The Morgan fingerprint density at radius 1 is 1.29 bits per heavy atom. The maximum atomic E-state index is 13.5. The van der Waals surface area contributed by atoms with E-state index in [1.165, 1.54) is 0 Å². The number of hydrogen-bond acceptors (Lipinski definition) is 1. The molecule has 3 heteroatoms. The summed E-state index contributed by atoms with van der Waals surface area (Å²) in [6, 6.07) is 3.26. The minimum atomic E-state index is -0.328. The van der Waals surface area contributed by atoms with Crippen molar-refractivity contribution in [2.24, 2.45) is 5.73 Å². The normalized spacial score (nSPS) is 13.4. The van der Waals surface area contributed by atoms with Crippen LogP contribution in [0.1, 0.15) is 43.9 Å². The van der Waals surface area contributed by atoms with E-state index in [4.69, 9.17) is 17.3 Å². The fraction of sp³-hybridized carbons (Fsp3) is 0.455. The molecule has 1 aromatic carbocycles. The number of nitrogens with two attached hydrogens (primary N) is 1. The molecule has 0 spiro atoms. The molecule has 2 N–H and O–H groups in total. The summed E-state index contributed by atoms with van der Waals surface area (Å²) in [5.41, 5.74) is 7.23. The molecule has 0 heterocycles. The summed E-state index contributed by atoms with van der Waals surface area (Å²) >= 11 is 5.78. The zero-order valence-electron chi connectivity index (χ0n) is 8.64. The van der Waals surface area contributed by atoms with Crippen LogP contribution in [-0.2, 0) is 0 Å². The topological polar surface area (TPSA) is 26.0 Å². The maximum absolute atomic E-state index is 13.5. The molecule has 0 fully saturated rings. The second kappa shape index (κ2) is 4.28. The molecule has 0 amide bonds. The Hall–Kier alpha value is -0.600. The summed E-state index contributed by atoms with van der Waals surface area (Å²) in [7, 11) is 0. The number of rotatable bonds is 2. The molecule has 1 rings (SSSR count). The summed E-state index contributed by atoms with van der Waals surface area (Å²) in [6.07, 6.45) is 0. The van der Waals surface area contributed by atoms with E-state index < -0.39 is 0 Å². The van der Waals surface area contributed by atoms with Crippen LogP contribution in [0.3, 0.4) is 0 Å². The predicted octanol–water partition coefficient (Wildman–Crippen LogP) is 3.62. The van der Waals surface area contributed by atoms with Crippen molar-refractivity contribution in [3.8, 4) is 0 Å². The summed E-state index contributed by atoms with van der Waals surface area (Å²) < 4.78 is 13.5. The van der Waals surface area contributed by atoms with E-state index in [2.05, 4.69) is 0 Å². The van der Waals surface area contributed by atoms with Crippen molar-refractivity contribution < 1.29 is 4.39 Å². The summed E-state index contributed by atoms with van der Waals surface area (Å²) in [4.78, 5) is 0. The lowest BCUT2D eigenvalue weighted by Crippen LogP contribution is -2.07. The second-order valence-electron chi connectivity index (χ2n) is 3.85. The van der Waals surface area contributed by atoms with Gasteiger partial charge in [-0.15, -0.1) is 0 Å². The van der Waals surface area contributed by atoms with Crippen molar-refractivity contribution in [1.29, 1.82) is 0 Å². The van der Waals surface area contributed by atoms with Crippen LogP contribution in [0.5, 0.6) is 0 Å². The van der Waals surface area contributed by atoms with Gasteiger partial charge in [-0.25, -0.2) is 4.39 Å². The molecule has 0 aromatic heterocycles. The van der Waals surface area contributed by atoms with Crippen molar-refractivity contribution in [3.05, 3.63) is 34.1 Å². The Morgan fingerprint density at radius 2 is 1.86 bits per heavy atom. The van der Waals surface area contributed by atoms with Gasteiger partial charge in [-0.3, -0.25) is 0 Å². The Balaban J connectivity index is 3.28. The van der Waals surface area contributed by atoms with Crippen molar-refractivity contribution in [2.75, 3.05) is 0 Å². The lowest BCUT2D eigenvalue weighted by Gasteiger charge is -2.13. The van der Waals surface area contributed by atoms with Crippen LogP contribution in [0.25, 0.3) is 0 Å². The number of halogens is 2. The molecular weight excluding hydrogens is 201 g/mol. The third kappa shape index (κ3) is 2.25. The van der Waals surface area contributed by atoms with E-state index in [1.807, 2.05) is 20.8 Å². The molecule has 14 heavy (non-hydrogen) atoms. The molecule has 1 nitrogen and oxygen atoms in total. The van der Waals surface area contributed by atoms with Crippen LogP contribution in [0.15, 0.2) is 12.1 Å². The van der Waals surface area contributed by atoms with Crippen LogP contribution in [-0.4, -0.2) is 0 Å². The van der Waals surface area contributed by atoms with Crippen LogP contribution in [0.4, 0.5) is 4.39 Å². The zero-order valence-corrected chi connectivity index (χ0v) is 9.40. The molecule has 0 radical (unpaired) electrons. The molecular formula is C11H15ClFN. The van der Waals surface area contributed by atoms with Crippen LogP contribution < -0.4 is 5.73 Å². The van der Waals surface area contributed by atoms with Crippen LogP contribution in [0.2, 0.25) is 5.02 Å². The van der Waals surface area contributed by atoms with Crippen molar-refractivity contribution in [1.82, 2.24) is 0 Å². The summed E-state index contributed by atoms with van der Waals surface area (Å²) in [5, 5.41) is 0.156. The monoisotopic (exact) mass is 215 g/mol. The molecule has 1 aromatic rings. The molecule has 0 aliphatic rings. The second-order valence-corrected chi connectivity index (χ2v) is 4.26. The van der Waals surface area contributed by atoms with E-state index >= 15 is 0 Å². The predicted molar refractivity (Wildman–Crippen MR) is 58.1 cm³/mol. The van der Waals surface area contributed by atoms with E-state index in [0.29, 0.717) is 5.56 Å². The van der Waals surface area contributed by atoms with Gasteiger partial charge in [0.1, 0.15) is 5.82 Å². The molecule has 0 aliphatic carbocycles. The highest BCUT2D eigenvalue weighted by Crippen LogP contribution is 2.28. The SMILES string of the molecule is CC(C)c1cc(C(C)N)cc(Cl)c1F. The first-order valence-electron chi connectivity index (χ1n) is 4.68. The average molecular weight is 216 g/mol. The summed E-state index contributed by atoms with van der Waals surface area (Å²) in [5.74, 6) is -0.211. The van der Waals surface area contributed by atoms with Gasteiger partial charge in [-0.2, -0.15) is 0 Å². The minimum Gasteiger partial charge on any atom is -0.324 e. The Bertz CT molecular complexity index is 334. The van der Waals surface area contributed by atoms with Gasteiger partial charge in [0.2, 0.25) is 0 Å².